The summed E-state index contributed by atoms with van der Waals surface area (Å²) in [5, 5.41) is 2.89. The Kier molecular flexibility index (Phi) is 6.69. The molecule has 0 spiro atoms. The number of carbonyl (C=O) groups is 1. The van der Waals surface area contributed by atoms with E-state index in [1.807, 2.05) is 16.7 Å². The Bertz CT molecular complexity index is 1120. The molecule has 11 heteroatoms. The normalized spacial score (nSPS) is 21.5. The molecule has 4 heterocycles. The van der Waals surface area contributed by atoms with Gasteiger partial charge in [0.2, 0.25) is 5.91 Å². The number of hydrogen-bond acceptors (Lipinski definition) is 7. The van der Waals surface area contributed by atoms with Gasteiger partial charge in [-0.3, -0.25) is 4.79 Å². The first-order valence-electron chi connectivity index (χ1n) is 12.2. The molecular weight excluding hydrogens is 475 g/mol. The Balaban J connectivity index is 1.49. The van der Waals surface area contributed by atoms with E-state index in [0.717, 1.165) is 12.8 Å². The van der Waals surface area contributed by atoms with E-state index in [0.29, 0.717) is 56.7 Å². The van der Waals surface area contributed by atoms with Crippen LogP contribution in [0.1, 0.15) is 25.3 Å². The van der Waals surface area contributed by atoms with E-state index in [2.05, 4.69) is 5.32 Å². The van der Waals surface area contributed by atoms with Crippen LogP contribution in [0.15, 0.2) is 30.3 Å². The van der Waals surface area contributed by atoms with Gasteiger partial charge >= 0.3 is 6.18 Å². The Morgan fingerprint density at radius 2 is 1.72 bits per heavy atom. The summed E-state index contributed by atoms with van der Waals surface area (Å²) in [5.41, 5.74) is 0.314. The minimum Gasteiger partial charge on any atom is -0.381 e. The summed E-state index contributed by atoms with van der Waals surface area (Å²) < 4.78 is 53.0. The third kappa shape index (κ3) is 4.69. The maximum absolute atomic E-state index is 14.1. The van der Waals surface area contributed by atoms with Crippen LogP contribution in [0.4, 0.5) is 41.9 Å². The van der Waals surface area contributed by atoms with E-state index < -0.39 is 17.8 Å². The Hall–Kier alpha value is -3.05. The maximum atomic E-state index is 14.1. The lowest BCUT2D eigenvalue weighted by Gasteiger charge is -2.44. The number of carbonyl (C=O) groups excluding carboxylic acids is 1. The lowest BCUT2D eigenvalue weighted by molar-refractivity contribution is -0.136. The smallest absolute Gasteiger partial charge is 0.381 e. The number of nitrogens with one attached hydrogen (secondary N) is 1. The molecule has 1 aromatic heterocycles. The van der Waals surface area contributed by atoms with Crippen molar-refractivity contribution in [1.82, 2.24) is 4.98 Å². The van der Waals surface area contributed by atoms with E-state index in [9.17, 15) is 18.0 Å². The van der Waals surface area contributed by atoms with Crippen molar-refractivity contribution < 1.29 is 27.4 Å². The number of rotatable bonds is 4. The highest BCUT2D eigenvalue weighted by Gasteiger charge is 2.39. The molecule has 0 unspecified atom stereocenters. The third-order valence-electron chi connectivity index (χ3n) is 7.10. The number of halogens is 3. The second-order valence-corrected chi connectivity index (χ2v) is 9.32. The molecule has 1 atom stereocenters. The summed E-state index contributed by atoms with van der Waals surface area (Å²) in [4.78, 5) is 23.1. The number of benzene rings is 1. The molecule has 2 aromatic rings. The predicted octanol–water partition coefficient (Wildman–Crippen LogP) is 4.03. The molecule has 1 N–H and O–H groups in total. The first-order chi connectivity index (χ1) is 17.2. The molecule has 36 heavy (non-hydrogen) atoms. The first kappa shape index (κ1) is 24.6. The van der Waals surface area contributed by atoms with Crippen LogP contribution in [-0.2, 0) is 20.4 Å². The zero-order chi connectivity index (χ0) is 25.4. The van der Waals surface area contributed by atoms with Crippen molar-refractivity contribution in [2.75, 3.05) is 66.6 Å². The molecule has 5 rings (SSSR count). The SMILES string of the molecule is C[C@@H]1C(=O)N(C)c2ccc(Nc3ccc(N4CCOCC4)cc3C(F)(F)F)nc2N1C1CCOCC1. The number of aromatic nitrogens is 1. The molecule has 194 valence electrons. The van der Waals surface area contributed by atoms with Crippen LogP contribution in [0.5, 0.6) is 0 Å². The van der Waals surface area contributed by atoms with Crippen LogP contribution >= 0.6 is 0 Å². The van der Waals surface area contributed by atoms with Gasteiger partial charge in [0.05, 0.1) is 30.2 Å². The molecule has 0 aliphatic carbocycles. The van der Waals surface area contributed by atoms with Gasteiger partial charge in [-0.1, -0.05) is 0 Å². The summed E-state index contributed by atoms with van der Waals surface area (Å²) in [6.07, 6.45) is -3.04. The summed E-state index contributed by atoms with van der Waals surface area (Å²) in [6.45, 7) is 5.08. The molecule has 1 amide bonds. The predicted molar refractivity (Wildman–Crippen MR) is 131 cm³/mol. The highest BCUT2D eigenvalue weighted by molar-refractivity contribution is 6.04. The number of likely N-dealkylation sites (N-methyl/N-ethyl adjacent to an activating group) is 1. The zero-order valence-electron chi connectivity index (χ0n) is 20.3. The van der Waals surface area contributed by atoms with Crippen molar-refractivity contribution >= 4 is 34.6 Å². The minimum absolute atomic E-state index is 0.0467. The van der Waals surface area contributed by atoms with Crippen LogP contribution in [0.25, 0.3) is 0 Å². The van der Waals surface area contributed by atoms with Crippen LogP contribution in [0.2, 0.25) is 0 Å². The summed E-state index contributed by atoms with van der Waals surface area (Å²) in [6, 6.07) is 7.27. The molecular formula is C25H30F3N5O3. The van der Waals surface area contributed by atoms with Gasteiger partial charge in [0.15, 0.2) is 5.82 Å². The molecule has 3 aliphatic rings. The van der Waals surface area contributed by atoms with E-state index >= 15 is 0 Å². The summed E-state index contributed by atoms with van der Waals surface area (Å²) in [7, 11) is 1.69. The summed E-state index contributed by atoms with van der Waals surface area (Å²) >= 11 is 0. The quantitative estimate of drug-likeness (QED) is 0.673. The largest absolute Gasteiger partial charge is 0.418 e. The number of alkyl halides is 3. The van der Waals surface area contributed by atoms with Crippen molar-refractivity contribution in [3.05, 3.63) is 35.9 Å². The molecule has 1 aromatic carbocycles. The third-order valence-corrected chi connectivity index (χ3v) is 7.10. The van der Waals surface area contributed by atoms with Gasteiger partial charge in [-0.15, -0.1) is 0 Å². The topological polar surface area (TPSA) is 70.2 Å². The van der Waals surface area contributed by atoms with E-state index in [-0.39, 0.29) is 23.5 Å². The maximum Gasteiger partial charge on any atom is 0.418 e. The van der Waals surface area contributed by atoms with Crippen molar-refractivity contribution in [1.29, 1.82) is 0 Å². The fourth-order valence-electron chi connectivity index (χ4n) is 5.15. The van der Waals surface area contributed by atoms with E-state index in [1.165, 1.54) is 12.1 Å². The lowest BCUT2D eigenvalue weighted by atomic mass is 10.0. The second kappa shape index (κ2) is 9.78. The van der Waals surface area contributed by atoms with Gasteiger partial charge in [-0.05, 0) is 50.1 Å². The molecule has 0 bridgehead atoms. The Morgan fingerprint density at radius 3 is 2.42 bits per heavy atom. The highest BCUT2D eigenvalue weighted by Crippen LogP contribution is 2.41. The Labute approximate surface area is 208 Å². The zero-order valence-corrected chi connectivity index (χ0v) is 20.3. The number of hydrogen-bond donors (Lipinski definition) is 1. The molecule has 3 aliphatic heterocycles. The number of anilines is 5. The van der Waals surface area contributed by atoms with Crippen molar-refractivity contribution in [3.63, 3.8) is 0 Å². The molecule has 0 saturated carbocycles. The van der Waals surface area contributed by atoms with Gasteiger partial charge in [-0.2, -0.15) is 13.2 Å². The van der Waals surface area contributed by atoms with Gasteiger partial charge in [-0.25, -0.2) is 4.98 Å². The number of nitrogens with zero attached hydrogens (tertiary/aromatic N) is 4. The van der Waals surface area contributed by atoms with Crippen molar-refractivity contribution in [2.24, 2.45) is 0 Å². The highest BCUT2D eigenvalue weighted by atomic mass is 19.4. The molecule has 8 nitrogen and oxygen atoms in total. The molecule has 2 fully saturated rings. The number of pyridine rings is 1. The average Bonchev–Trinajstić information content (AvgIpc) is 2.88. The van der Waals surface area contributed by atoms with Crippen LogP contribution in [0.3, 0.4) is 0 Å². The van der Waals surface area contributed by atoms with Crippen LogP contribution in [-0.4, -0.2) is 69.5 Å². The van der Waals surface area contributed by atoms with Crippen molar-refractivity contribution in [3.8, 4) is 0 Å². The minimum atomic E-state index is -4.55. The van der Waals surface area contributed by atoms with Gasteiger partial charge < -0.3 is 29.5 Å². The van der Waals surface area contributed by atoms with E-state index in [1.54, 1.807) is 30.1 Å². The standard InChI is InChI=1S/C25H30F3N5O3/c1-16-24(34)31(2)21-5-6-22(30-23(21)33(16)17-7-11-35-12-8-17)29-20-4-3-18(15-19(20)25(26,27)28)32-9-13-36-14-10-32/h3-6,15-17H,7-14H2,1-2H3,(H,29,30)/t16-/m1/s1. The van der Waals surface area contributed by atoms with Gasteiger partial charge in [0, 0.05) is 45.1 Å². The van der Waals surface area contributed by atoms with Crippen LogP contribution < -0.4 is 20.0 Å². The molecule has 2 saturated heterocycles. The fraction of sp³-hybridized carbons (Fsp3) is 0.520. The monoisotopic (exact) mass is 505 g/mol. The van der Waals surface area contributed by atoms with Crippen molar-refractivity contribution in [2.45, 2.75) is 38.0 Å². The van der Waals surface area contributed by atoms with Crippen LogP contribution in [0, 0.1) is 0 Å². The number of fused-ring (bicyclic) bond motifs is 1. The number of ether oxygens (including phenoxy) is 2. The first-order valence-corrected chi connectivity index (χ1v) is 12.2. The molecule has 0 radical (unpaired) electrons. The van der Waals surface area contributed by atoms with Gasteiger partial charge in [0.1, 0.15) is 11.9 Å². The average molecular weight is 506 g/mol. The van der Waals surface area contributed by atoms with E-state index in [4.69, 9.17) is 14.5 Å². The second-order valence-electron chi connectivity index (χ2n) is 9.32. The number of morpholine rings is 1. The van der Waals surface area contributed by atoms with Gasteiger partial charge in [0.25, 0.3) is 0 Å². The Morgan fingerprint density at radius 1 is 1.03 bits per heavy atom. The fourth-order valence-corrected chi connectivity index (χ4v) is 5.15. The lowest BCUT2D eigenvalue weighted by Crippen LogP contribution is -2.56. The number of amides is 1. The summed E-state index contributed by atoms with van der Waals surface area (Å²) in [5.74, 6) is 0.819.